The van der Waals surface area contributed by atoms with E-state index in [1.165, 1.54) is 18.7 Å². The standard InChI is InChI=1S/C20H19ClN2O5/c1-20(2,28-14-9-7-13(21)8-10-14)19(26)27-12-18(25)23-11-17(24)22-15-5-3-4-6-16(15)23/h3-10H,11-12H2,1-2H3,(H,22,24). The number of nitrogens with one attached hydrogen (secondary N) is 1. The lowest BCUT2D eigenvalue weighted by Gasteiger charge is -2.29. The van der Waals surface area contributed by atoms with E-state index in [9.17, 15) is 14.4 Å². The molecule has 2 aromatic carbocycles. The van der Waals surface area contributed by atoms with Crippen LogP contribution in [-0.4, -0.2) is 36.5 Å². The molecule has 1 aliphatic rings. The Hall–Kier alpha value is -3.06. The van der Waals surface area contributed by atoms with E-state index in [0.717, 1.165) is 0 Å². The molecule has 0 aromatic heterocycles. The number of anilines is 2. The predicted octanol–water partition coefficient (Wildman–Crippen LogP) is 3.03. The summed E-state index contributed by atoms with van der Waals surface area (Å²) in [6.45, 7) is 2.43. The number of rotatable bonds is 5. The van der Waals surface area contributed by atoms with Gasteiger partial charge in [-0.15, -0.1) is 0 Å². The van der Waals surface area contributed by atoms with Gasteiger partial charge < -0.3 is 14.8 Å². The third kappa shape index (κ3) is 4.43. The number of hydrogen-bond acceptors (Lipinski definition) is 5. The maximum atomic E-state index is 12.5. The Morgan fingerprint density at radius 3 is 2.54 bits per heavy atom. The number of carbonyl (C=O) groups excluding carboxylic acids is 3. The maximum Gasteiger partial charge on any atom is 0.350 e. The third-order valence-corrected chi connectivity index (χ3v) is 4.33. The molecular weight excluding hydrogens is 384 g/mol. The molecule has 146 valence electrons. The van der Waals surface area contributed by atoms with Crippen LogP contribution in [0.15, 0.2) is 48.5 Å². The average Bonchev–Trinajstić information content (AvgIpc) is 2.66. The van der Waals surface area contributed by atoms with Gasteiger partial charge in [0.15, 0.2) is 12.2 Å². The molecule has 1 N–H and O–H groups in total. The van der Waals surface area contributed by atoms with Crippen molar-refractivity contribution in [2.45, 2.75) is 19.4 Å². The van der Waals surface area contributed by atoms with Crippen LogP contribution in [0.4, 0.5) is 11.4 Å². The van der Waals surface area contributed by atoms with E-state index in [1.54, 1.807) is 48.5 Å². The number of carbonyl (C=O) groups is 3. The van der Waals surface area contributed by atoms with E-state index in [2.05, 4.69) is 5.32 Å². The van der Waals surface area contributed by atoms with Crippen LogP contribution in [0, 0.1) is 0 Å². The smallest absolute Gasteiger partial charge is 0.350 e. The number of hydrogen-bond donors (Lipinski definition) is 1. The highest BCUT2D eigenvalue weighted by Gasteiger charge is 2.34. The zero-order valence-corrected chi connectivity index (χ0v) is 16.2. The van der Waals surface area contributed by atoms with Crippen molar-refractivity contribution >= 4 is 40.8 Å². The number of ether oxygens (including phenoxy) is 2. The van der Waals surface area contributed by atoms with Crippen molar-refractivity contribution in [3.05, 3.63) is 53.6 Å². The van der Waals surface area contributed by atoms with Crippen LogP contribution < -0.4 is 15.0 Å². The lowest BCUT2D eigenvalue weighted by molar-refractivity contribution is -0.161. The first-order chi connectivity index (χ1) is 13.3. The molecule has 0 spiro atoms. The van der Waals surface area contributed by atoms with Gasteiger partial charge in [-0.3, -0.25) is 14.5 Å². The summed E-state index contributed by atoms with van der Waals surface area (Å²) < 4.78 is 10.8. The Kier molecular flexibility index (Phi) is 5.56. The van der Waals surface area contributed by atoms with Gasteiger partial charge in [0.25, 0.3) is 5.91 Å². The molecule has 3 rings (SSSR count). The molecule has 1 aliphatic heterocycles. The molecule has 7 nitrogen and oxygen atoms in total. The fourth-order valence-electron chi connectivity index (χ4n) is 2.67. The van der Waals surface area contributed by atoms with Gasteiger partial charge in [-0.2, -0.15) is 0 Å². The van der Waals surface area contributed by atoms with Gasteiger partial charge in [-0.1, -0.05) is 23.7 Å². The monoisotopic (exact) mass is 402 g/mol. The molecule has 0 saturated carbocycles. The second-order valence-corrected chi connectivity index (χ2v) is 7.12. The Morgan fingerprint density at radius 2 is 1.82 bits per heavy atom. The van der Waals surface area contributed by atoms with Gasteiger partial charge in [0.05, 0.1) is 11.4 Å². The van der Waals surface area contributed by atoms with Crippen molar-refractivity contribution in [2.24, 2.45) is 0 Å². The Morgan fingerprint density at radius 1 is 1.14 bits per heavy atom. The van der Waals surface area contributed by atoms with Gasteiger partial charge >= 0.3 is 5.97 Å². The minimum Gasteiger partial charge on any atom is -0.476 e. The highest BCUT2D eigenvalue weighted by atomic mass is 35.5. The molecule has 0 radical (unpaired) electrons. The number of esters is 1. The van der Waals surface area contributed by atoms with Gasteiger partial charge in [0.2, 0.25) is 5.91 Å². The SMILES string of the molecule is CC(C)(Oc1ccc(Cl)cc1)C(=O)OCC(=O)N1CC(=O)Nc2ccccc21. The van der Waals surface area contributed by atoms with Gasteiger partial charge in [-0.05, 0) is 50.2 Å². The second-order valence-electron chi connectivity index (χ2n) is 6.69. The van der Waals surface area contributed by atoms with E-state index >= 15 is 0 Å². The van der Waals surface area contributed by atoms with Crippen LogP contribution in [0.3, 0.4) is 0 Å². The predicted molar refractivity (Wildman–Crippen MR) is 105 cm³/mol. The molecule has 8 heteroatoms. The highest BCUT2D eigenvalue weighted by molar-refractivity contribution is 6.30. The van der Waals surface area contributed by atoms with E-state index < -0.39 is 24.1 Å². The Labute approximate surface area is 167 Å². The number of halogens is 1. The third-order valence-electron chi connectivity index (χ3n) is 4.08. The molecule has 28 heavy (non-hydrogen) atoms. The molecule has 0 unspecified atom stereocenters. The van der Waals surface area contributed by atoms with Crippen molar-refractivity contribution in [2.75, 3.05) is 23.4 Å². The summed E-state index contributed by atoms with van der Waals surface area (Å²) in [7, 11) is 0. The Bertz CT molecular complexity index is 911. The lowest BCUT2D eigenvalue weighted by atomic mass is 10.1. The van der Waals surface area contributed by atoms with Crippen molar-refractivity contribution in [3.8, 4) is 5.75 Å². The largest absolute Gasteiger partial charge is 0.476 e. The first-order valence-corrected chi connectivity index (χ1v) is 8.95. The minimum absolute atomic E-state index is 0.141. The number of fused-ring (bicyclic) bond motifs is 1. The van der Waals surface area contributed by atoms with Crippen molar-refractivity contribution < 1.29 is 23.9 Å². The molecular formula is C20H19ClN2O5. The topological polar surface area (TPSA) is 84.9 Å². The van der Waals surface area contributed by atoms with E-state index in [0.29, 0.717) is 22.1 Å². The van der Waals surface area contributed by atoms with Gasteiger partial charge in [-0.25, -0.2) is 4.79 Å². The average molecular weight is 403 g/mol. The number of amides is 2. The fraction of sp³-hybridized carbons (Fsp3) is 0.250. The molecule has 2 amide bonds. The Balaban J connectivity index is 1.63. The summed E-state index contributed by atoms with van der Waals surface area (Å²) in [5, 5.41) is 3.24. The van der Waals surface area contributed by atoms with Crippen LogP contribution in [0.25, 0.3) is 0 Å². The quantitative estimate of drug-likeness (QED) is 0.777. The normalized spacial score (nSPS) is 13.4. The second kappa shape index (κ2) is 7.90. The molecule has 0 aliphatic carbocycles. The summed E-state index contributed by atoms with van der Waals surface area (Å²) in [5.41, 5.74) is -0.227. The van der Waals surface area contributed by atoms with Gasteiger partial charge in [0.1, 0.15) is 12.3 Å². The van der Waals surface area contributed by atoms with Crippen LogP contribution >= 0.6 is 11.6 Å². The van der Waals surface area contributed by atoms with Crippen LogP contribution in [0.2, 0.25) is 5.02 Å². The van der Waals surface area contributed by atoms with Crippen LogP contribution in [0.5, 0.6) is 5.75 Å². The summed E-state index contributed by atoms with van der Waals surface area (Å²) >= 11 is 5.83. The van der Waals surface area contributed by atoms with Gasteiger partial charge in [0, 0.05) is 5.02 Å². The summed E-state index contributed by atoms with van der Waals surface area (Å²) in [5.74, 6) is -1.08. The summed E-state index contributed by atoms with van der Waals surface area (Å²) in [4.78, 5) is 38.1. The first-order valence-electron chi connectivity index (χ1n) is 8.57. The molecule has 2 aromatic rings. The molecule has 0 saturated heterocycles. The minimum atomic E-state index is -1.31. The van der Waals surface area contributed by atoms with E-state index in [4.69, 9.17) is 21.1 Å². The number of benzene rings is 2. The zero-order valence-electron chi connectivity index (χ0n) is 15.4. The van der Waals surface area contributed by atoms with Crippen molar-refractivity contribution in [1.29, 1.82) is 0 Å². The summed E-state index contributed by atoms with van der Waals surface area (Å²) in [6, 6.07) is 13.5. The molecule has 1 heterocycles. The van der Waals surface area contributed by atoms with Crippen LogP contribution in [0.1, 0.15) is 13.8 Å². The molecule has 0 atom stereocenters. The lowest BCUT2D eigenvalue weighted by Crippen LogP contribution is -2.46. The van der Waals surface area contributed by atoms with Crippen molar-refractivity contribution in [1.82, 2.24) is 0 Å². The number of para-hydroxylation sites is 2. The molecule has 0 fully saturated rings. The van der Waals surface area contributed by atoms with E-state index in [-0.39, 0.29) is 12.5 Å². The van der Waals surface area contributed by atoms with Crippen LogP contribution in [-0.2, 0) is 19.1 Å². The maximum absolute atomic E-state index is 12.5. The van der Waals surface area contributed by atoms with Crippen molar-refractivity contribution in [3.63, 3.8) is 0 Å². The summed E-state index contributed by atoms with van der Waals surface area (Å²) in [6.07, 6.45) is 0. The first kappa shape index (κ1) is 19.7. The highest BCUT2D eigenvalue weighted by Crippen LogP contribution is 2.29. The van der Waals surface area contributed by atoms with E-state index in [1.807, 2.05) is 0 Å². The fourth-order valence-corrected chi connectivity index (χ4v) is 2.80. The molecule has 0 bridgehead atoms. The zero-order chi connectivity index (χ0) is 20.3. The number of nitrogens with zero attached hydrogens (tertiary/aromatic N) is 1.